The fourth-order valence-corrected chi connectivity index (χ4v) is 13.4. The van der Waals surface area contributed by atoms with Crippen LogP contribution in [-0.4, -0.2) is 98.3 Å². The molecule has 17 atom stereocenters. The third kappa shape index (κ3) is 5.05. The highest BCUT2D eigenvalue weighted by Crippen LogP contribution is 2.91. The highest BCUT2D eigenvalue weighted by atomic mass is 16.7. The lowest BCUT2D eigenvalue weighted by Gasteiger charge is -2.69. The van der Waals surface area contributed by atoms with Crippen molar-refractivity contribution in [2.75, 3.05) is 6.61 Å². The number of rotatable bonds is 9. The van der Waals surface area contributed by atoms with Gasteiger partial charge in [0.05, 0.1) is 18.8 Å². The predicted molar refractivity (Wildman–Crippen MR) is 177 cm³/mol. The summed E-state index contributed by atoms with van der Waals surface area (Å²) >= 11 is 0. The smallest absolute Gasteiger partial charge is 0.302 e. The third-order valence-corrected chi connectivity index (χ3v) is 15.7. The number of aliphatic hydroxyl groups is 6. The second-order valence-electron chi connectivity index (χ2n) is 18.1. The van der Waals surface area contributed by atoms with Crippen LogP contribution >= 0.6 is 0 Å². The largest absolute Gasteiger partial charge is 0.462 e. The molecular weight excluding hydrogens is 616 g/mol. The van der Waals surface area contributed by atoms with Gasteiger partial charge in [-0.15, -0.1) is 0 Å². The molecule has 1 aliphatic heterocycles. The van der Waals surface area contributed by atoms with Crippen LogP contribution in [0.3, 0.4) is 0 Å². The zero-order chi connectivity index (χ0) is 35.4. The molecule has 5 saturated carbocycles. The van der Waals surface area contributed by atoms with E-state index in [-0.39, 0.29) is 63.0 Å². The van der Waals surface area contributed by atoms with Gasteiger partial charge in [-0.1, -0.05) is 41.2 Å². The molecule has 274 valence electrons. The molecule has 0 aromatic heterocycles. The van der Waals surface area contributed by atoms with Crippen molar-refractivity contribution in [3.8, 4) is 0 Å². The van der Waals surface area contributed by atoms with Gasteiger partial charge < -0.3 is 44.8 Å². The number of carbonyl (C=O) groups is 1. The number of ether oxygens (including phenoxy) is 3. The van der Waals surface area contributed by atoms with E-state index in [1.807, 2.05) is 0 Å². The summed E-state index contributed by atoms with van der Waals surface area (Å²) < 4.78 is 18.9. The van der Waals surface area contributed by atoms with Gasteiger partial charge >= 0.3 is 5.97 Å². The summed E-state index contributed by atoms with van der Waals surface area (Å²) in [6.45, 7) is 18.0. The Balaban J connectivity index is 1.37. The molecule has 12 unspecified atom stereocenters. The van der Waals surface area contributed by atoms with Gasteiger partial charge in [-0.3, -0.25) is 4.79 Å². The summed E-state index contributed by atoms with van der Waals surface area (Å²) in [5.74, 6) is 0.716. The zero-order valence-corrected chi connectivity index (χ0v) is 30.1. The fourth-order valence-electron chi connectivity index (χ4n) is 13.4. The number of hydrogen-bond donors (Lipinski definition) is 6. The molecule has 48 heavy (non-hydrogen) atoms. The molecular formula is C38H62O10. The lowest BCUT2D eigenvalue weighted by Crippen LogP contribution is -2.68. The molecule has 10 nitrogen and oxygen atoms in total. The minimum Gasteiger partial charge on any atom is -0.462 e. The van der Waals surface area contributed by atoms with Crippen molar-refractivity contribution < 1.29 is 49.6 Å². The van der Waals surface area contributed by atoms with Gasteiger partial charge in [0.1, 0.15) is 36.6 Å². The molecule has 6 N–H and O–H groups in total. The standard InChI is InChI=1S/C38H62O10/c1-19(2)29(42)23(41)15-20(3)22-9-14-38-18-37(22,38)13-10-25-35(7)12-11-27(46-21(4)40)34(5,6)26(35)16-28(36(25,38)8)48-33-32(45)31(44)30(43)24(17-39)47-33/h20,22-33,39,41-45H,1,9-18H2,2-8H3/t20-,22?,23?,24?,25?,26?,27?,28?,29?,30?,31?,32?,33?,35+,36-,37+,38+/m0/s1. The molecule has 0 bridgehead atoms. The van der Waals surface area contributed by atoms with Crippen molar-refractivity contribution in [2.45, 2.75) is 161 Å². The quantitative estimate of drug-likeness (QED) is 0.121. The van der Waals surface area contributed by atoms with Crippen molar-refractivity contribution >= 4 is 5.97 Å². The van der Waals surface area contributed by atoms with Crippen molar-refractivity contribution in [2.24, 2.45) is 50.7 Å². The average molecular weight is 679 g/mol. The monoisotopic (exact) mass is 678 g/mol. The Morgan fingerprint density at radius 1 is 0.938 bits per heavy atom. The number of fused-ring (bicyclic) bond motifs is 3. The van der Waals surface area contributed by atoms with E-state index in [1.54, 1.807) is 6.92 Å². The molecule has 6 rings (SSSR count). The van der Waals surface area contributed by atoms with E-state index >= 15 is 0 Å². The van der Waals surface area contributed by atoms with Gasteiger partial charge in [0.25, 0.3) is 0 Å². The normalized spacial score (nSPS) is 50.9. The van der Waals surface area contributed by atoms with Crippen LogP contribution in [0.4, 0.5) is 0 Å². The summed E-state index contributed by atoms with van der Waals surface area (Å²) in [6.07, 6.45) is -1.07. The molecule has 0 radical (unpaired) electrons. The SMILES string of the molecule is C=C(C)C(O)C(O)C[C@H](C)C1CC[C@]23C[C@]12CCC1[C@@]2(C)CCC(OC(C)=O)C(C)(C)C2CC(OC2OC(CO)C(O)C(O)C2O)[C@]13C. The molecule has 0 spiro atoms. The van der Waals surface area contributed by atoms with Gasteiger partial charge in [0.2, 0.25) is 0 Å². The summed E-state index contributed by atoms with van der Waals surface area (Å²) in [6, 6.07) is 0. The van der Waals surface area contributed by atoms with E-state index < -0.39 is 49.5 Å². The molecule has 1 saturated heterocycles. The maximum absolute atomic E-state index is 12.2. The van der Waals surface area contributed by atoms with Crippen LogP contribution in [0.2, 0.25) is 0 Å². The van der Waals surface area contributed by atoms with Gasteiger partial charge in [0, 0.05) is 17.8 Å². The Hall–Kier alpha value is -1.11. The number of esters is 1. The van der Waals surface area contributed by atoms with Crippen molar-refractivity contribution in [3.05, 3.63) is 12.2 Å². The van der Waals surface area contributed by atoms with Crippen LogP contribution in [-0.2, 0) is 19.0 Å². The first-order valence-electron chi connectivity index (χ1n) is 18.5. The Morgan fingerprint density at radius 3 is 2.25 bits per heavy atom. The lowest BCUT2D eigenvalue weighted by atomic mass is 9.37. The molecule has 0 amide bonds. The highest BCUT2D eigenvalue weighted by Gasteiger charge is 2.85. The topological polar surface area (TPSA) is 166 Å². The van der Waals surface area contributed by atoms with Gasteiger partial charge in [0.15, 0.2) is 6.29 Å². The zero-order valence-electron chi connectivity index (χ0n) is 30.1. The summed E-state index contributed by atoms with van der Waals surface area (Å²) in [4.78, 5) is 12.2. The first-order chi connectivity index (χ1) is 22.3. The second kappa shape index (κ2) is 12.2. The average Bonchev–Trinajstić information content (AvgIpc) is 3.58. The fraction of sp³-hybridized carbons (Fsp3) is 0.921. The van der Waals surface area contributed by atoms with Gasteiger partial charge in [-0.05, 0) is 110 Å². The molecule has 10 heteroatoms. The van der Waals surface area contributed by atoms with Crippen molar-refractivity contribution in [1.82, 2.24) is 0 Å². The Morgan fingerprint density at radius 2 is 1.62 bits per heavy atom. The number of carbonyl (C=O) groups excluding carboxylic acids is 1. The van der Waals surface area contributed by atoms with Crippen LogP contribution in [0.1, 0.15) is 106 Å². The molecule has 0 aromatic carbocycles. The Bertz CT molecular complexity index is 1250. The van der Waals surface area contributed by atoms with Crippen molar-refractivity contribution in [3.63, 3.8) is 0 Å². The van der Waals surface area contributed by atoms with Crippen LogP contribution in [0.5, 0.6) is 0 Å². The Kier molecular flexibility index (Phi) is 9.36. The third-order valence-electron chi connectivity index (χ3n) is 15.7. The maximum Gasteiger partial charge on any atom is 0.302 e. The summed E-state index contributed by atoms with van der Waals surface area (Å²) in [5, 5.41) is 63.8. The van der Waals surface area contributed by atoms with E-state index in [9.17, 15) is 35.4 Å². The minimum atomic E-state index is -1.53. The van der Waals surface area contributed by atoms with Crippen LogP contribution < -0.4 is 0 Å². The summed E-state index contributed by atoms with van der Waals surface area (Å²) in [5.41, 5.74) is -0.0970. The second-order valence-corrected chi connectivity index (χ2v) is 18.1. The van der Waals surface area contributed by atoms with Crippen LogP contribution in [0.15, 0.2) is 12.2 Å². The highest BCUT2D eigenvalue weighted by molar-refractivity contribution is 5.66. The van der Waals surface area contributed by atoms with E-state index in [0.29, 0.717) is 24.3 Å². The Labute approximate surface area is 286 Å². The van der Waals surface area contributed by atoms with Gasteiger partial charge in [-0.25, -0.2) is 0 Å². The van der Waals surface area contributed by atoms with Crippen LogP contribution in [0.25, 0.3) is 0 Å². The predicted octanol–water partition coefficient (Wildman–Crippen LogP) is 3.48. The lowest BCUT2D eigenvalue weighted by molar-refractivity contribution is -0.344. The van der Waals surface area contributed by atoms with Gasteiger partial charge in [-0.2, -0.15) is 0 Å². The first-order valence-corrected chi connectivity index (χ1v) is 18.5. The van der Waals surface area contributed by atoms with E-state index in [2.05, 4.69) is 41.2 Å². The number of aliphatic hydroxyl groups excluding tert-OH is 6. The maximum atomic E-state index is 12.2. The molecule has 6 aliphatic rings. The molecule has 6 fully saturated rings. The summed E-state index contributed by atoms with van der Waals surface area (Å²) in [7, 11) is 0. The minimum absolute atomic E-state index is 0.0244. The van der Waals surface area contributed by atoms with Crippen LogP contribution in [0, 0.1) is 50.7 Å². The van der Waals surface area contributed by atoms with E-state index in [1.165, 1.54) is 6.92 Å². The first kappa shape index (κ1) is 36.7. The molecule has 5 aliphatic carbocycles. The number of hydrogen-bond acceptors (Lipinski definition) is 10. The molecule has 1 heterocycles. The van der Waals surface area contributed by atoms with E-state index in [0.717, 1.165) is 44.9 Å². The van der Waals surface area contributed by atoms with Crippen molar-refractivity contribution in [1.29, 1.82) is 0 Å². The van der Waals surface area contributed by atoms with E-state index in [4.69, 9.17) is 14.2 Å². The molecule has 0 aromatic rings.